The van der Waals surface area contributed by atoms with Crippen LogP contribution in [-0.2, 0) is 4.74 Å². The zero-order valence-electron chi connectivity index (χ0n) is 12.5. The predicted molar refractivity (Wildman–Crippen MR) is 81.0 cm³/mol. The molecule has 0 bridgehead atoms. The number of benzene rings is 1. The second-order valence-electron chi connectivity index (χ2n) is 6.29. The Morgan fingerprint density at radius 2 is 1.95 bits per heavy atom. The number of ether oxygens (including phenoxy) is 1. The van der Waals surface area contributed by atoms with E-state index in [1.165, 1.54) is 25.0 Å². The van der Waals surface area contributed by atoms with Crippen molar-refractivity contribution in [1.82, 2.24) is 5.32 Å². The molecule has 1 amide bonds. The van der Waals surface area contributed by atoms with Crippen molar-refractivity contribution in [1.29, 1.82) is 0 Å². The van der Waals surface area contributed by atoms with Crippen molar-refractivity contribution in [2.75, 3.05) is 6.61 Å². The second kappa shape index (κ2) is 6.08. The molecule has 0 aromatic heterocycles. The van der Waals surface area contributed by atoms with E-state index in [1.54, 1.807) is 12.1 Å². The van der Waals surface area contributed by atoms with Gasteiger partial charge in [0.15, 0.2) is 0 Å². The van der Waals surface area contributed by atoms with Crippen LogP contribution in [0, 0.1) is 0 Å². The van der Waals surface area contributed by atoms with Gasteiger partial charge in [-0.2, -0.15) is 0 Å². The third kappa shape index (κ3) is 3.14. The Morgan fingerprint density at radius 3 is 2.68 bits per heavy atom. The molecule has 1 aromatic rings. The third-order valence-corrected chi connectivity index (χ3v) is 4.71. The molecule has 5 heteroatoms. The Labute approximate surface area is 129 Å². The lowest BCUT2D eigenvalue weighted by Gasteiger charge is -2.38. The highest BCUT2D eigenvalue weighted by Crippen LogP contribution is 2.39. The first-order valence-corrected chi connectivity index (χ1v) is 7.86. The molecule has 1 aromatic carbocycles. The largest absolute Gasteiger partial charge is 0.478 e. The van der Waals surface area contributed by atoms with Gasteiger partial charge in [0, 0.05) is 18.2 Å². The first kappa shape index (κ1) is 15.0. The number of carbonyl (C=O) groups is 2. The molecule has 1 atom stereocenters. The van der Waals surface area contributed by atoms with Gasteiger partial charge in [0.25, 0.3) is 5.91 Å². The van der Waals surface area contributed by atoms with Crippen molar-refractivity contribution in [3.8, 4) is 0 Å². The van der Waals surface area contributed by atoms with Crippen LogP contribution in [0.1, 0.15) is 59.2 Å². The van der Waals surface area contributed by atoms with E-state index in [1.807, 2.05) is 0 Å². The van der Waals surface area contributed by atoms with Crippen molar-refractivity contribution in [3.63, 3.8) is 0 Å². The molecule has 1 saturated heterocycles. The summed E-state index contributed by atoms with van der Waals surface area (Å²) >= 11 is 0. The second-order valence-corrected chi connectivity index (χ2v) is 6.29. The van der Waals surface area contributed by atoms with E-state index >= 15 is 0 Å². The van der Waals surface area contributed by atoms with Crippen LogP contribution in [0.25, 0.3) is 0 Å². The number of hydrogen-bond donors (Lipinski definition) is 2. The zero-order chi connectivity index (χ0) is 15.6. The van der Waals surface area contributed by atoms with Gasteiger partial charge in [0.2, 0.25) is 0 Å². The molecule has 0 radical (unpaired) electrons. The first-order chi connectivity index (χ1) is 10.6. The SMILES string of the molecule is O=C(O)c1cccc(C(=O)NC2CCOC3(CCCC3)C2)c1. The summed E-state index contributed by atoms with van der Waals surface area (Å²) < 4.78 is 5.97. The smallest absolute Gasteiger partial charge is 0.335 e. The minimum Gasteiger partial charge on any atom is -0.478 e. The molecule has 2 fully saturated rings. The molecule has 22 heavy (non-hydrogen) atoms. The van der Waals surface area contributed by atoms with E-state index < -0.39 is 5.97 Å². The Hall–Kier alpha value is -1.88. The number of aromatic carboxylic acids is 1. The van der Waals surface area contributed by atoms with E-state index in [9.17, 15) is 9.59 Å². The first-order valence-electron chi connectivity index (χ1n) is 7.86. The lowest BCUT2D eigenvalue weighted by Crippen LogP contribution is -2.47. The van der Waals surface area contributed by atoms with Crippen LogP contribution in [0.2, 0.25) is 0 Å². The number of amides is 1. The van der Waals surface area contributed by atoms with E-state index in [2.05, 4.69) is 5.32 Å². The van der Waals surface area contributed by atoms with Crippen LogP contribution < -0.4 is 5.32 Å². The maximum Gasteiger partial charge on any atom is 0.335 e. The Balaban J connectivity index is 1.66. The fourth-order valence-electron chi connectivity index (χ4n) is 3.58. The Bertz CT molecular complexity index is 578. The van der Waals surface area contributed by atoms with Gasteiger partial charge < -0.3 is 15.2 Å². The highest BCUT2D eigenvalue weighted by Gasteiger charge is 2.40. The van der Waals surface area contributed by atoms with Gasteiger partial charge in [-0.15, -0.1) is 0 Å². The molecule has 1 aliphatic carbocycles. The van der Waals surface area contributed by atoms with Crippen molar-refractivity contribution in [2.24, 2.45) is 0 Å². The summed E-state index contributed by atoms with van der Waals surface area (Å²) in [5, 5.41) is 12.0. The summed E-state index contributed by atoms with van der Waals surface area (Å²) in [7, 11) is 0. The Morgan fingerprint density at radius 1 is 1.23 bits per heavy atom. The minimum atomic E-state index is -1.02. The van der Waals surface area contributed by atoms with E-state index in [-0.39, 0.29) is 23.1 Å². The standard InChI is InChI=1S/C17H21NO4/c19-15(12-4-3-5-13(10-12)16(20)21)18-14-6-9-22-17(11-14)7-1-2-8-17/h3-5,10,14H,1-2,6-9,11H2,(H,18,19)(H,20,21). The molecule has 2 N–H and O–H groups in total. The van der Waals surface area contributed by atoms with Crippen LogP contribution >= 0.6 is 0 Å². The van der Waals surface area contributed by atoms with Crippen molar-refractivity contribution in [3.05, 3.63) is 35.4 Å². The summed E-state index contributed by atoms with van der Waals surface area (Å²) in [6.07, 6.45) is 6.22. The summed E-state index contributed by atoms with van der Waals surface area (Å²) in [6, 6.07) is 6.25. The number of carbonyl (C=O) groups excluding carboxylic acids is 1. The number of carboxylic acid groups (broad SMARTS) is 1. The zero-order valence-corrected chi connectivity index (χ0v) is 12.5. The quantitative estimate of drug-likeness (QED) is 0.900. The van der Waals surface area contributed by atoms with Crippen LogP contribution in [0.5, 0.6) is 0 Å². The lowest BCUT2D eigenvalue weighted by molar-refractivity contribution is -0.0823. The maximum absolute atomic E-state index is 12.3. The summed E-state index contributed by atoms with van der Waals surface area (Å²) in [5.41, 5.74) is 0.484. The van der Waals surface area contributed by atoms with Gasteiger partial charge in [-0.05, 0) is 43.9 Å². The lowest BCUT2D eigenvalue weighted by atomic mass is 9.89. The normalized spacial score (nSPS) is 23.4. The molecule has 3 rings (SSSR count). The van der Waals surface area contributed by atoms with E-state index in [4.69, 9.17) is 9.84 Å². The number of nitrogens with one attached hydrogen (secondary N) is 1. The predicted octanol–water partition coefficient (Wildman–Crippen LogP) is 2.61. The van der Waals surface area contributed by atoms with Crippen LogP contribution in [-0.4, -0.2) is 35.2 Å². The molecular formula is C17H21NO4. The minimum absolute atomic E-state index is 0.0426. The molecule has 1 unspecified atom stereocenters. The fourth-order valence-corrected chi connectivity index (χ4v) is 3.58. The molecular weight excluding hydrogens is 282 g/mol. The maximum atomic E-state index is 12.3. The third-order valence-electron chi connectivity index (χ3n) is 4.71. The van der Waals surface area contributed by atoms with Crippen LogP contribution in [0.4, 0.5) is 0 Å². The van der Waals surface area contributed by atoms with Gasteiger partial charge >= 0.3 is 5.97 Å². The Kier molecular flexibility index (Phi) is 4.16. The van der Waals surface area contributed by atoms with Crippen LogP contribution in [0.15, 0.2) is 24.3 Å². The van der Waals surface area contributed by atoms with Gasteiger partial charge in [-0.1, -0.05) is 18.9 Å². The molecule has 118 valence electrons. The monoisotopic (exact) mass is 303 g/mol. The molecule has 1 saturated carbocycles. The molecule has 1 aliphatic heterocycles. The highest BCUT2D eigenvalue weighted by molar-refractivity contribution is 5.97. The topological polar surface area (TPSA) is 75.6 Å². The van der Waals surface area contributed by atoms with Crippen molar-refractivity contribution < 1.29 is 19.4 Å². The fraction of sp³-hybridized carbons (Fsp3) is 0.529. The van der Waals surface area contributed by atoms with Gasteiger partial charge in [-0.25, -0.2) is 4.79 Å². The highest BCUT2D eigenvalue weighted by atomic mass is 16.5. The summed E-state index contributed by atoms with van der Waals surface area (Å²) in [4.78, 5) is 23.3. The molecule has 2 aliphatic rings. The van der Waals surface area contributed by atoms with Gasteiger partial charge in [0.1, 0.15) is 0 Å². The number of hydrogen-bond acceptors (Lipinski definition) is 3. The van der Waals surface area contributed by atoms with Crippen LogP contribution in [0.3, 0.4) is 0 Å². The van der Waals surface area contributed by atoms with E-state index in [0.717, 1.165) is 25.7 Å². The molecule has 1 spiro atoms. The van der Waals surface area contributed by atoms with Gasteiger partial charge in [0.05, 0.1) is 11.2 Å². The van der Waals surface area contributed by atoms with Crippen molar-refractivity contribution in [2.45, 2.75) is 50.2 Å². The molecule has 5 nitrogen and oxygen atoms in total. The summed E-state index contributed by atoms with van der Waals surface area (Å²) in [6.45, 7) is 0.681. The number of rotatable bonds is 3. The van der Waals surface area contributed by atoms with E-state index in [0.29, 0.717) is 12.2 Å². The average Bonchev–Trinajstić information content (AvgIpc) is 2.95. The average molecular weight is 303 g/mol. The summed E-state index contributed by atoms with van der Waals surface area (Å²) in [5.74, 6) is -1.23. The van der Waals surface area contributed by atoms with Gasteiger partial charge in [-0.3, -0.25) is 4.79 Å². The van der Waals surface area contributed by atoms with Crippen molar-refractivity contribution >= 4 is 11.9 Å². The molecule has 1 heterocycles. The number of carboxylic acids is 1.